The Morgan fingerprint density at radius 2 is 2.24 bits per heavy atom. The summed E-state index contributed by atoms with van der Waals surface area (Å²) in [6.45, 7) is 8.34. The molecule has 0 radical (unpaired) electrons. The second-order valence-corrected chi connectivity index (χ2v) is 5.61. The molecule has 0 bridgehead atoms. The van der Waals surface area contributed by atoms with E-state index >= 15 is 0 Å². The van der Waals surface area contributed by atoms with E-state index in [0.717, 1.165) is 44.5 Å². The van der Waals surface area contributed by atoms with E-state index in [2.05, 4.69) is 22.2 Å². The second kappa shape index (κ2) is 7.36. The molecule has 1 saturated heterocycles. The molecule has 21 heavy (non-hydrogen) atoms. The van der Waals surface area contributed by atoms with Crippen LogP contribution in [0.3, 0.4) is 0 Å². The molecular weight excluding hydrogens is 266 g/mol. The number of allylic oxidation sites excluding steroid dienone is 1. The second-order valence-electron chi connectivity index (χ2n) is 5.61. The molecule has 1 N–H and O–H groups in total. The summed E-state index contributed by atoms with van der Waals surface area (Å²) in [5.41, 5.74) is 1.36. The first-order chi connectivity index (χ1) is 10.1. The Morgan fingerprint density at radius 1 is 1.52 bits per heavy atom. The van der Waals surface area contributed by atoms with Gasteiger partial charge in [0.15, 0.2) is 5.69 Å². The van der Waals surface area contributed by atoms with Crippen molar-refractivity contribution < 1.29 is 4.79 Å². The summed E-state index contributed by atoms with van der Waals surface area (Å²) in [6.07, 6.45) is 5.78. The average molecular weight is 291 g/mol. The molecule has 1 amide bonds. The van der Waals surface area contributed by atoms with Crippen LogP contribution in [0.2, 0.25) is 0 Å². The third-order valence-corrected chi connectivity index (χ3v) is 4.03. The first-order valence-corrected chi connectivity index (χ1v) is 7.64. The predicted octanol–water partition coefficient (Wildman–Crippen LogP) is 1.55. The smallest absolute Gasteiger partial charge is 0.276 e. The number of carbonyl (C=O) groups excluding carboxylic acids is 1. The zero-order chi connectivity index (χ0) is 15.2. The Kier molecular flexibility index (Phi) is 5.50. The number of nitrogens with one attached hydrogen (secondary N) is 1. The van der Waals surface area contributed by atoms with Gasteiger partial charge in [-0.3, -0.25) is 4.79 Å². The Bertz CT molecular complexity index is 490. The van der Waals surface area contributed by atoms with Crippen LogP contribution in [0.5, 0.6) is 0 Å². The van der Waals surface area contributed by atoms with Gasteiger partial charge in [0.2, 0.25) is 0 Å². The van der Waals surface area contributed by atoms with Crippen molar-refractivity contribution in [2.45, 2.75) is 38.6 Å². The van der Waals surface area contributed by atoms with Gasteiger partial charge in [-0.15, -0.1) is 11.7 Å². The molecule has 6 nitrogen and oxygen atoms in total. The zero-order valence-corrected chi connectivity index (χ0v) is 13.0. The summed E-state index contributed by atoms with van der Waals surface area (Å²) < 4.78 is 1.92. The summed E-state index contributed by atoms with van der Waals surface area (Å²) >= 11 is 0. The molecule has 0 spiro atoms. The van der Waals surface area contributed by atoms with Crippen LogP contribution in [-0.2, 0) is 0 Å². The number of amides is 1. The maximum absolute atomic E-state index is 12.4. The Hall–Kier alpha value is -1.69. The van der Waals surface area contributed by atoms with Crippen molar-refractivity contribution >= 4 is 5.91 Å². The number of unbranched alkanes of at least 4 members (excludes halogenated alkanes) is 1. The molecule has 0 aromatic carbocycles. The molecule has 1 aromatic heterocycles. The fourth-order valence-corrected chi connectivity index (χ4v) is 2.69. The minimum atomic E-state index is -0.0447. The maximum atomic E-state index is 12.4. The van der Waals surface area contributed by atoms with Crippen molar-refractivity contribution in [2.75, 3.05) is 26.7 Å². The molecule has 1 aromatic rings. The van der Waals surface area contributed by atoms with E-state index in [1.54, 1.807) is 4.90 Å². The molecular formula is C15H25N5O. The SMILES string of the molecule is C=CCCCN(C)C(=O)c1nnn(C2CCNCC2)c1C. The highest BCUT2D eigenvalue weighted by molar-refractivity contribution is 5.93. The topological polar surface area (TPSA) is 63.1 Å². The molecule has 116 valence electrons. The van der Waals surface area contributed by atoms with Crippen molar-refractivity contribution in [1.29, 1.82) is 0 Å². The standard InChI is InChI=1S/C15H25N5O/c1-4-5-6-11-19(3)15(21)14-12(2)20(18-17-14)13-7-9-16-10-8-13/h4,13,16H,1,5-11H2,2-3H3. The quantitative estimate of drug-likeness (QED) is 0.638. The van der Waals surface area contributed by atoms with Crippen LogP contribution in [0.1, 0.15) is 47.9 Å². The fraction of sp³-hybridized carbons (Fsp3) is 0.667. The number of aromatic nitrogens is 3. The highest BCUT2D eigenvalue weighted by Crippen LogP contribution is 2.20. The zero-order valence-electron chi connectivity index (χ0n) is 13.0. The van der Waals surface area contributed by atoms with Crippen molar-refractivity contribution in [2.24, 2.45) is 0 Å². The fourth-order valence-electron chi connectivity index (χ4n) is 2.69. The van der Waals surface area contributed by atoms with Crippen LogP contribution in [0.25, 0.3) is 0 Å². The minimum absolute atomic E-state index is 0.0447. The average Bonchev–Trinajstić information content (AvgIpc) is 2.89. The van der Waals surface area contributed by atoms with E-state index in [1.165, 1.54) is 0 Å². The number of nitrogens with zero attached hydrogens (tertiary/aromatic N) is 4. The van der Waals surface area contributed by atoms with Crippen LogP contribution in [-0.4, -0.2) is 52.5 Å². The number of piperidine rings is 1. The first kappa shape index (κ1) is 15.7. The lowest BCUT2D eigenvalue weighted by molar-refractivity contribution is 0.0787. The molecule has 0 aliphatic carbocycles. The van der Waals surface area contributed by atoms with Crippen LogP contribution < -0.4 is 5.32 Å². The van der Waals surface area contributed by atoms with Gasteiger partial charge in [-0.1, -0.05) is 11.3 Å². The lowest BCUT2D eigenvalue weighted by Crippen LogP contribution is -2.31. The van der Waals surface area contributed by atoms with Crippen LogP contribution in [0.4, 0.5) is 0 Å². The first-order valence-electron chi connectivity index (χ1n) is 7.64. The number of carbonyl (C=O) groups is 1. The highest BCUT2D eigenvalue weighted by Gasteiger charge is 2.24. The van der Waals surface area contributed by atoms with E-state index < -0.39 is 0 Å². The van der Waals surface area contributed by atoms with E-state index in [-0.39, 0.29) is 5.91 Å². The molecule has 2 heterocycles. The monoisotopic (exact) mass is 291 g/mol. The van der Waals surface area contributed by atoms with Gasteiger partial charge < -0.3 is 10.2 Å². The van der Waals surface area contributed by atoms with E-state index in [4.69, 9.17) is 0 Å². The van der Waals surface area contributed by atoms with E-state index in [9.17, 15) is 4.79 Å². The third-order valence-electron chi connectivity index (χ3n) is 4.03. The Labute approximate surface area is 126 Å². The molecule has 2 rings (SSSR count). The molecule has 1 aliphatic rings. The largest absolute Gasteiger partial charge is 0.340 e. The van der Waals surface area contributed by atoms with Gasteiger partial charge in [-0.2, -0.15) is 0 Å². The van der Waals surface area contributed by atoms with E-state index in [1.807, 2.05) is 24.7 Å². The lowest BCUT2D eigenvalue weighted by atomic mass is 10.1. The summed E-state index contributed by atoms with van der Waals surface area (Å²) in [6, 6.07) is 0.353. The highest BCUT2D eigenvalue weighted by atomic mass is 16.2. The van der Waals surface area contributed by atoms with Crippen LogP contribution >= 0.6 is 0 Å². The predicted molar refractivity (Wildman–Crippen MR) is 82.3 cm³/mol. The number of rotatable bonds is 6. The molecule has 0 saturated carbocycles. The molecule has 6 heteroatoms. The Morgan fingerprint density at radius 3 is 2.90 bits per heavy atom. The van der Waals surface area contributed by atoms with Gasteiger partial charge in [0, 0.05) is 13.6 Å². The van der Waals surface area contributed by atoms with Gasteiger partial charge in [0.25, 0.3) is 5.91 Å². The summed E-state index contributed by atoms with van der Waals surface area (Å²) in [4.78, 5) is 14.1. The van der Waals surface area contributed by atoms with E-state index in [0.29, 0.717) is 18.3 Å². The van der Waals surface area contributed by atoms with Gasteiger partial charge in [0.1, 0.15) is 0 Å². The van der Waals surface area contributed by atoms with Gasteiger partial charge in [-0.25, -0.2) is 4.68 Å². The lowest BCUT2D eigenvalue weighted by Gasteiger charge is -2.23. The normalized spacial score (nSPS) is 15.9. The summed E-state index contributed by atoms with van der Waals surface area (Å²) in [5, 5.41) is 11.7. The number of hydrogen-bond acceptors (Lipinski definition) is 4. The van der Waals surface area contributed by atoms with Gasteiger partial charge in [-0.05, 0) is 45.7 Å². The van der Waals surface area contributed by atoms with Crippen molar-refractivity contribution in [3.8, 4) is 0 Å². The molecule has 1 aliphatic heterocycles. The van der Waals surface area contributed by atoms with Crippen molar-refractivity contribution in [3.63, 3.8) is 0 Å². The minimum Gasteiger partial charge on any atom is -0.340 e. The summed E-state index contributed by atoms with van der Waals surface area (Å²) in [5.74, 6) is -0.0447. The molecule has 0 atom stereocenters. The third kappa shape index (κ3) is 3.69. The van der Waals surface area contributed by atoms with Gasteiger partial charge in [0.05, 0.1) is 11.7 Å². The Balaban J connectivity index is 2.04. The van der Waals surface area contributed by atoms with Crippen molar-refractivity contribution in [1.82, 2.24) is 25.2 Å². The molecule has 1 fully saturated rings. The van der Waals surface area contributed by atoms with Crippen LogP contribution in [0, 0.1) is 6.92 Å². The summed E-state index contributed by atoms with van der Waals surface area (Å²) in [7, 11) is 1.81. The molecule has 0 unspecified atom stereocenters. The maximum Gasteiger partial charge on any atom is 0.276 e. The van der Waals surface area contributed by atoms with Crippen molar-refractivity contribution in [3.05, 3.63) is 24.0 Å². The van der Waals surface area contributed by atoms with Gasteiger partial charge >= 0.3 is 0 Å². The number of hydrogen-bond donors (Lipinski definition) is 1. The van der Waals surface area contributed by atoms with Crippen LogP contribution in [0.15, 0.2) is 12.7 Å².